The van der Waals surface area contributed by atoms with E-state index >= 15 is 0 Å². The second kappa shape index (κ2) is 8.35. The molecule has 2 aliphatic heterocycles. The lowest BCUT2D eigenvalue weighted by Gasteiger charge is -2.24. The van der Waals surface area contributed by atoms with Gasteiger partial charge in [-0.25, -0.2) is 4.79 Å². The van der Waals surface area contributed by atoms with Gasteiger partial charge in [-0.2, -0.15) is 0 Å². The van der Waals surface area contributed by atoms with Gasteiger partial charge < -0.3 is 14.7 Å². The van der Waals surface area contributed by atoms with Gasteiger partial charge in [0.2, 0.25) is 0 Å². The Bertz CT molecular complexity index is 863. The van der Waals surface area contributed by atoms with Crippen LogP contribution >= 0.6 is 0 Å². The maximum Gasteiger partial charge on any atom is 0.327 e. The fourth-order valence-electron chi connectivity index (χ4n) is 4.19. The number of aliphatic hydroxyl groups excluding tert-OH is 1. The number of ether oxygens (including phenoxy) is 1. The summed E-state index contributed by atoms with van der Waals surface area (Å²) >= 11 is 0. The number of imide groups is 1. The zero-order valence-electron chi connectivity index (χ0n) is 16.5. The normalized spacial score (nSPS) is 20.8. The van der Waals surface area contributed by atoms with Gasteiger partial charge in [-0.15, -0.1) is 0 Å². The number of nitrogens with zero attached hydrogens (tertiary/aromatic N) is 2. The van der Waals surface area contributed by atoms with Crippen LogP contribution in [0.15, 0.2) is 54.6 Å². The van der Waals surface area contributed by atoms with E-state index in [1.165, 1.54) is 4.90 Å². The van der Waals surface area contributed by atoms with E-state index in [0.29, 0.717) is 13.0 Å². The summed E-state index contributed by atoms with van der Waals surface area (Å²) in [5, 5.41) is 10.5. The number of rotatable bonds is 7. The number of fused-ring (bicyclic) bond motifs is 1. The van der Waals surface area contributed by atoms with Gasteiger partial charge in [-0.3, -0.25) is 9.69 Å². The van der Waals surface area contributed by atoms with Crippen LogP contribution in [0.4, 0.5) is 4.79 Å². The van der Waals surface area contributed by atoms with E-state index < -0.39 is 6.10 Å². The molecule has 2 fully saturated rings. The van der Waals surface area contributed by atoms with Crippen LogP contribution in [0.5, 0.6) is 0 Å². The van der Waals surface area contributed by atoms with Crippen molar-refractivity contribution in [2.45, 2.75) is 38.0 Å². The van der Waals surface area contributed by atoms with E-state index in [-0.39, 0.29) is 37.2 Å². The summed E-state index contributed by atoms with van der Waals surface area (Å²) in [7, 11) is 0. The molecule has 0 aromatic heterocycles. The molecule has 6 nitrogen and oxygen atoms in total. The largest absolute Gasteiger partial charge is 0.389 e. The number of benzene rings is 2. The molecule has 0 radical (unpaired) electrons. The first-order chi connectivity index (χ1) is 14.1. The van der Waals surface area contributed by atoms with Gasteiger partial charge >= 0.3 is 6.03 Å². The molecule has 1 N–H and O–H groups in total. The van der Waals surface area contributed by atoms with Crippen LogP contribution in [0.1, 0.15) is 35.6 Å². The Morgan fingerprint density at radius 3 is 2.55 bits per heavy atom. The maximum absolute atomic E-state index is 12.5. The zero-order chi connectivity index (χ0) is 20.4. The topological polar surface area (TPSA) is 70.1 Å². The molecule has 2 aromatic rings. The van der Waals surface area contributed by atoms with Gasteiger partial charge in [-0.1, -0.05) is 54.6 Å². The lowest BCUT2D eigenvalue weighted by molar-refractivity contribution is -0.129. The average molecular weight is 394 g/mol. The van der Waals surface area contributed by atoms with Crippen molar-refractivity contribution in [3.8, 4) is 0 Å². The maximum atomic E-state index is 12.5. The fourth-order valence-corrected chi connectivity index (χ4v) is 4.19. The number of aliphatic hydroxyl groups is 1. The number of hydrogen-bond acceptors (Lipinski definition) is 4. The fraction of sp³-hybridized carbons (Fsp3) is 0.391. The molecule has 2 heterocycles. The van der Waals surface area contributed by atoms with Crippen molar-refractivity contribution in [2.24, 2.45) is 0 Å². The Labute approximate surface area is 170 Å². The molecule has 3 amide bonds. The summed E-state index contributed by atoms with van der Waals surface area (Å²) < 4.78 is 6.12. The minimum absolute atomic E-state index is 0.0234. The number of amides is 3. The quantitative estimate of drug-likeness (QED) is 0.733. The summed E-state index contributed by atoms with van der Waals surface area (Å²) in [5.74, 6) is -0.204. The number of β-amino-alcohol motifs (C(OH)–C–C–N with tert-alkyl or cyclic N) is 1. The summed E-state index contributed by atoms with van der Waals surface area (Å²) in [4.78, 5) is 27.7. The van der Waals surface area contributed by atoms with Crippen molar-refractivity contribution in [1.29, 1.82) is 0 Å². The van der Waals surface area contributed by atoms with Gasteiger partial charge in [0.25, 0.3) is 5.91 Å². The summed E-state index contributed by atoms with van der Waals surface area (Å²) in [6, 6.07) is 17.2. The molecule has 0 bridgehead atoms. The zero-order valence-corrected chi connectivity index (χ0v) is 16.5. The van der Waals surface area contributed by atoms with E-state index in [2.05, 4.69) is 0 Å². The van der Waals surface area contributed by atoms with Crippen molar-refractivity contribution < 1.29 is 19.4 Å². The van der Waals surface area contributed by atoms with Crippen LogP contribution in [0, 0.1) is 6.92 Å². The third-order valence-electron chi connectivity index (χ3n) is 5.70. The molecular formula is C23H26N2O4. The smallest absolute Gasteiger partial charge is 0.327 e. The molecule has 0 spiro atoms. The van der Waals surface area contributed by atoms with Crippen LogP contribution in [-0.2, 0) is 9.53 Å². The minimum atomic E-state index is -0.946. The number of carbonyl (C=O) groups is 2. The van der Waals surface area contributed by atoms with Crippen LogP contribution in [0.2, 0.25) is 0 Å². The molecule has 6 heteroatoms. The minimum Gasteiger partial charge on any atom is -0.389 e. The molecule has 0 aliphatic carbocycles. The third-order valence-corrected chi connectivity index (χ3v) is 5.70. The second-order valence-electron chi connectivity index (χ2n) is 7.72. The van der Waals surface area contributed by atoms with Crippen molar-refractivity contribution in [3.05, 3.63) is 71.3 Å². The highest BCUT2D eigenvalue weighted by molar-refractivity contribution is 6.04. The lowest BCUT2D eigenvalue weighted by atomic mass is 9.97. The van der Waals surface area contributed by atoms with E-state index in [9.17, 15) is 14.7 Å². The van der Waals surface area contributed by atoms with Gasteiger partial charge in [0.15, 0.2) is 0 Å². The number of urea groups is 1. The molecule has 0 unspecified atom stereocenters. The number of aryl methyl sites for hydroxylation is 1. The van der Waals surface area contributed by atoms with Crippen molar-refractivity contribution in [3.63, 3.8) is 0 Å². The molecular weight excluding hydrogens is 368 g/mol. The van der Waals surface area contributed by atoms with Crippen molar-refractivity contribution in [2.75, 3.05) is 19.7 Å². The first kappa shape index (κ1) is 19.6. The number of carbonyl (C=O) groups excluding carboxylic acids is 2. The predicted molar refractivity (Wildman–Crippen MR) is 108 cm³/mol. The Kier molecular flexibility index (Phi) is 5.65. The van der Waals surface area contributed by atoms with E-state index in [0.717, 1.165) is 23.1 Å². The standard InChI is InChI=1S/C23H26N2O4/c1-16-8-5-6-11-19(16)21(17-9-3-2-4-10-17)29-15-18(26)14-25-22(27)20-12-7-13-24(20)23(25)28/h2-6,8-11,18,20-21,26H,7,12-15H2,1H3/t18-,20+,21+/m0/s1. The van der Waals surface area contributed by atoms with Crippen molar-refractivity contribution in [1.82, 2.24) is 9.80 Å². The highest BCUT2D eigenvalue weighted by Gasteiger charge is 2.47. The molecule has 4 rings (SSSR count). The highest BCUT2D eigenvalue weighted by atomic mass is 16.5. The predicted octanol–water partition coefficient (Wildman–Crippen LogP) is 2.89. The molecule has 2 saturated heterocycles. The van der Waals surface area contributed by atoms with Crippen molar-refractivity contribution >= 4 is 11.9 Å². The van der Waals surface area contributed by atoms with Gasteiger partial charge in [0, 0.05) is 6.54 Å². The Balaban J connectivity index is 1.44. The molecule has 0 saturated carbocycles. The molecule has 29 heavy (non-hydrogen) atoms. The lowest BCUT2D eigenvalue weighted by Crippen LogP contribution is -2.40. The summed E-state index contributed by atoms with van der Waals surface area (Å²) in [6.07, 6.45) is 0.284. The summed E-state index contributed by atoms with van der Waals surface area (Å²) in [5.41, 5.74) is 3.12. The SMILES string of the molecule is Cc1ccccc1[C@H](OC[C@@H](O)CN1C(=O)[C@H]2CCCN2C1=O)c1ccccc1. The van der Waals surface area contributed by atoms with Gasteiger partial charge in [0.1, 0.15) is 12.1 Å². The van der Waals surface area contributed by atoms with Gasteiger partial charge in [-0.05, 0) is 36.5 Å². The molecule has 3 atom stereocenters. The Morgan fingerprint density at radius 1 is 1.10 bits per heavy atom. The van der Waals surface area contributed by atoms with E-state index in [1.54, 1.807) is 4.90 Å². The Morgan fingerprint density at radius 2 is 1.83 bits per heavy atom. The third kappa shape index (κ3) is 3.91. The Hall–Kier alpha value is -2.70. The van der Waals surface area contributed by atoms with Gasteiger partial charge in [0.05, 0.1) is 19.3 Å². The molecule has 2 aromatic carbocycles. The number of hydrogen-bond donors (Lipinski definition) is 1. The molecule has 2 aliphatic rings. The van der Waals surface area contributed by atoms with Crippen LogP contribution in [-0.4, -0.2) is 58.7 Å². The first-order valence-corrected chi connectivity index (χ1v) is 10.1. The van der Waals surface area contributed by atoms with Crippen LogP contribution in [0.25, 0.3) is 0 Å². The monoisotopic (exact) mass is 394 g/mol. The summed E-state index contributed by atoms with van der Waals surface area (Å²) in [6.45, 7) is 2.62. The van der Waals surface area contributed by atoms with Crippen LogP contribution in [0.3, 0.4) is 0 Å². The molecule has 152 valence electrons. The first-order valence-electron chi connectivity index (χ1n) is 10.1. The highest BCUT2D eigenvalue weighted by Crippen LogP contribution is 2.30. The van der Waals surface area contributed by atoms with E-state index in [1.807, 2.05) is 61.5 Å². The van der Waals surface area contributed by atoms with Crippen LogP contribution < -0.4 is 0 Å². The second-order valence-corrected chi connectivity index (χ2v) is 7.72. The average Bonchev–Trinajstić information content (AvgIpc) is 3.30. The van der Waals surface area contributed by atoms with E-state index in [4.69, 9.17) is 4.74 Å².